The first-order chi connectivity index (χ1) is 14.1. The topological polar surface area (TPSA) is 126 Å². The van der Waals surface area contributed by atoms with Crippen molar-refractivity contribution in [1.82, 2.24) is 24.7 Å². The van der Waals surface area contributed by atoms with E-state index in [1.54, 1.807) is 0 Å². The summed E-state index contributed by atoms with van der Waals surface area (Å²) in [6, 6.07) is 0. The number of rotatable bonds is 10. The lowest BCUT2D eigenvalue weighted by molar-refractivity contribution is -0.397. The number of aromatic nitrogens is 2. The van der Waals surface area contributed by atoms with E-state index in [9.17, 15) is 20.0 Å². The van der Waals surface area contributed by atoms with E-state index in [1.807, 2.05) is 20.8 Å². The lowest BCUT2D eigenvalue weighted by Gasteiger charge is -2.36. The number of nitrogens with zero attached hydrogens (tertiary/aromatic N) is 5. The van der Waals surface area contributed by atoms with Gasteiger partial charge in [0.25, 0.3) is 0 Å². The van der Waals surface area contributed by atoms with E-state index in [0.29, 0.717) is 13.1 Å². The van der Waals surface area contributed by atoms with E-state index < -0.39 is 22.7 Å². The minimum absolute atomic E-state index is 0.142. The maximum absolute atomic E-state index is 11.6. The third-order valence-corrected chi connectivity index (χ3v) is 4.65. The largest absolute Gasteiger partial charge is 0.444 e. The van der Waals surface area contributed by atoms with Crippen molar-refractivity contribution in [2.45, 2.75) is 58.3 Å². The first-order valence-electron chi connectivity index (χ1n) is 10.4. The Balaban J connectivity index is 1.64. The monoisotopic (exact) mass is 426 g/mol. The summed E-state index contributed by atoms with van der Waals surface area (Å²) in [6.07, 6.45) is 4.60. The van der Waals surface area contributed by atoms with Crippen molar-refractivity contribution in [2.75, 3.05) is 39.4 Å². The Labute approximate surface area is 177 Å². The molecule has 1 aromatic rings. The number of unbranched alkanes of at least 4 members (excludes halogenated alkanes) is 1. The zero-order chi connectivity index (χ0) is 22.1. The van der Waals surface area contributed by atoms with Gasteiger partial charge < -0.3 is 25.3 Å². The van der Waals surface area contributed by atoms with Gasteiger partial charge in [-0.3, -0.25) is 9.80 Å². The molecule has 170 valence electrons. The van der Waals surface area contributed by atoms with Gasteiger partial charge in [0.1, 0.15) is 18.0 Å². The second-order valence-corrected chi connectivity index (χ2v) is 8.62. The number of amides is 1. The van der Waals surface area contributed by atoms with Crippen molar-refractivity contribution in [1.29, 1.82) is 0 Å². The molecule has 11 nitrogen and oxygen atoms in total. The highest BCUT2D eigenvalue weighted by Crippen LogP contribution is 2.12. The van der Waals surface area contributed by atoms with Crippen LogP contribution in [0, 0.1) is 10.1 Å². The minimum Gasteiger partial charge on any atom is -0.444 e. The summed E-state index contributed by atoms with van der Waals surface area (Å²) in [5.41, 5.74) is -0.491. The van der Waals surface area contributed by atoms with Gasteiger partial charge in [-0.05, 0) is 51.5 Å². The third kappa shape index (κ3) is 8.64. The predicted octanol–water partition coefficient (Wildman–Crippen LogP) is 1.42. The highest BCUT2D eigenvalue weighted by atomic mass is 16.6. The number of carbonyl (C=O) groups is 1. The summed E-state index contributed by atoms with van der Waals surface area (Å²) in [5, 5.41) is 24.1. The number of aliphatic hydroxyl groups is 1. The highest BCUT2D eigenvalue weighted by Gasteiger charge is 2.22. The van der Waals surface area contributed by atoms with Crippen LogP contribution in [0.2, 0.25) is 0 Å². The summed E-state index contributed by atoms with van der Waals surface area (Å²) in [4.78, 5) is 30.2. The quantitative estimate of drug-likeness (QED) is 0.327. The van der Waals surface area contributed by atoms with Crippen molar-refractivity contribution < 1.29 is 19.6 Å². The second kappa shape index (κ2) is 11.2. The van der Waals surface area contributed by atoms with Gasteiger partial charge in [-0.25, -0.2) is 9.36 Å². The molecular weight excluding hydrogens is 392 g/mol. The molecule has 0 spiro atoms. The third-order valence-electron chi connectivity index (χ3n) is 4.65. The molecule has 0 aromatic carbocycles. The van der Waals surface area contributed by atoms with Crippen molar-refractivity contribution in [3.63, 3.8) is 0 Å². The SMILES string of the molecule is CC(C)(C)OC(=O)NCCCCN1CCCN(CC(O)Cn2ccnc2[N+](=O)[O-])C1. The fourth-order valence-electron chi connectivity index (χ4n) is 3.44. The van der Waals surface area contributed by atoms with Crippen LogP contribution < -0.4 is 5.32 Å². The number of ether oxygens (including phenoxy) is 1. The zero-order valence-corrected chi connectivity index (χ0v) is 18.1. The Kier molecular flexibility index (Phi) is 9.00. The number of nitro groups is 1. The molecule has 1 aliphatic heterocycles. The standard InChI is InChI=1S/C19H34N6O5/c1-19(2,3)30-18(27)21-7-4-5-9-22-10-6-11-23(15-22)13-16(26)14-24-12-8-20-17(24)25(28)29/h8,12,16,26H,4-7,9-11,13-15H2,1-3H3,(H,21,27). The van der Waals surface area contributed by atoms with Gasteiger partial charge in [0.05, 0.1) is 19.3 Å². The van der Waals surface area contributed by atoms with Gasteiger partial charge in [0.2, 0.25) is 0 Å². The zero-order valence-electron chi connectivity index (χ0n) is 18.1. The molecular formula is C19H34N6O5. The molecule has 30 heavy (non-hydrogen) atoms. The Morgan fingerprint density at radius 3 is 2.77 bits per heavy atom. The fourth-order valence-corrected chi connectivity index (χ4v) is 3.44. The number of hydrogen-bond acceptors (Lipinski definition) is 8. The lowest BCUT2D eigenvalue weighted by atomic mass is 10.2. The number of carbonyl (C=O) groups excluding carboxylic acids is 1. The number of hydrogen-bond donors (Lipinski definition) is 2. The number of aliphatic hydroxyl groups excluding tert-OH is 1. The molecule has 2 N–H and O–H groups in total. The van der Waals surface area contributed by atoms with E-state index in [-0.39, 0.29) is 12.5 Å². The predicted molar refractivity (Wildman–Crippen MR) is 111 cm³/mol. The van der Waals surface area contributed by atoms with Crippen LogP contribution in [0.4, 0.5) is 10.7 Å². The number of β-amino-alcohol motifs (C(OH)–C–C–N with tert-alkyl or cyclic N) is 1. The molecule has 1 atom stereocenters. The number of imidazole rings is 1. The van der Waals surface area contributed by atoms with Gasteiger partial charge in [-0.1, -0.05) is 4.98 Å². The first-order valence-corrected chi connectivity index (χ1v) is 10.4. The Bertz CT molecular complexity index is 689. The first kappa shape index (κ1) is 24.0. The minimum atomic E-state index is -0.712. The summed E-state index contributed by atoms with van der Waals surface area (Å²) < 4.78 is 6.57. The van der Waals surface area contributed by atoms with Crippen molar-refractivity contribution >= 4 is 12.0 Å². The van der Waals surface area contributed by atoms with E-state index in [4.69, 9.17) is 4.74 Å². The number of nitrogens with one attached hydrogen (secondary N) is 1. The maximum Gasteiger partial charge on any atom is 0.434 e. The Hall–Kier alpha value is -2.24. The second-order valence-electron chi connectivity index (χ2n) is 8.62. The van der Waals surface area contributed by atoms with Crippen LogP contribution in [0.15, 0.2) is 12.4 Å². The molecule has 2 rings (SSSR count). The van der Waals surface area contributed by atoms with Crippen LogP contribution in [0.5, 0.6) is 0 Å². The Morgan fingerprint density at radius 1 is 1.33 bits per heavy atom. The van der Waals surface area contributed by atoms with Crippen LogP contribution in [-0.2, 0) is 11.3 Å². The maximum atomic E-state index is 11.6. The summed E-state index contributed by atoms with van der Waals surface area (Å²) >= 11 is 0. The summed E-state index contributed by atoms with van der Waals surface area (Å²) in [7, 11) is 0. The highest BCUT2D eigenvalue weighted by molar-refractivity contribution is 5.67. The molecule has 0 aliphatic carbocycles. The molecule has 0 saturated carbocycles. The van der Waals surface area contributed by atoms with Crippen molar-refractivity contribution in [3.05, 3.63) is 22.5 Å². The molecule has 1 fully saturated rings. The Morgan fingerprint density at radius 2 is 2.07 bits per heavy atom. The average molecular weight is 427 g/mol. The summed E-state index contributed by atoms with van der Waals surface area (Å²) in [5.74, 6) is -0.255. The van der Waals surface area contributed by atoms with Gasteiger partial charge in [0, 0.05) is 26.2 Å². The van der Waals surface area contributed by atoms with Gasteiger partial charge in [0.15, 0.2) is 0 Å². The van der Waals surface area contributed by atoms with E-state index >= 15 is 0 Å². The molecule has 1 aromatic heterocycles. The molecule has 0 bridgehead atoms. The molecule has 1 saturated heterocycles. The van der Waals surface area contributed by atoms with Gasteiger partial charge in [-0.15, -0.1) is 0 Å². The van der Waals surface area contributed by atoms with Crippen LogP contribution in [0.1, 0.15) is 40.0 Å². The van der Waals surface area contributed by atoms with Crippen LogP contribution in [0.3, 0.4) is 0 Å². The molecule has 11 heteroatoms. The number of alkyl carbamates (subject to hydrolysis) is 1. The molecule has 1 aliphatic rings. The van der Waals surface area contributed by atoms with Crippen LogP contribution >= 0.6 is 0 Å². The van der Waals surface area contributed by atoms with E-state index in [2.05, 4.69) is 20.1 Å². The van der Waals surface area contributed by atoms with E-state index in [1.165, 1.54) is 17.0 Å². The van der Waals surface area contributed by atoms with Crippen LogP contribution in [-0.4, -0.2) is 86.6 Å². The summed E-state index contributed by atoms with van der Waals surface area (Å²) in [6.45, 7) is 10.2. The van der Waals surface area contributed by atoms with Crippen molar-refractivity contribution in [3.8, 4) is 0 Å². The smallest absolute Gasteiger partial charge is 0.434 e. The van der Waals surface area contributed by atoms with Crippen molar-refractivity contribution in [2.24, 2.45) is 0 Å². The molecule has 1 unspecified atom stereocenters. The molecule has 1 amide bonds. The molecule has 2 heterocycles. The lowest BCUT2D eigenvalue weighted by Crippen LogP contribution is -2.48. The average Bonchev–Trinajstić information content (AvgIpc) is 3.08. The van der Waals surface area contributed by atoms with Gasteiger partial charge in [-0.2, -0.15) is 0 Å². The van der Waals surface area contributed by atoms with Gasteiger partial charge >= 0.3 is 12.0 Å². The normalized spacial score (nSPS) is 16.9. The van der Waals surface area contributed by atoms with E-state index in [0.717, 1.165) is 45.6 Å². The molecule has 0 radical (unpaired) electrons. The fraction of sp³-hybridized carbons (Fsp3) is 0.789. The van der Waals surface area contributed by atoms with Crippen LogP contribution in [0.25, 0.3) is 0 Å².